The number of amides is 1. The first-order valence-corrected chi connectivity index (χ1v) is 7.27. The highest BCUT2D eigenvalue weighted by Gasteiger charge is 2.25. The lowest BCUT2D eigenvalue weighted by Crippen LogP contribution is -2.37. The average molecular weight is 276 g/mol. The Bertz CT molecular complexity index is 616. The summed E-state index contributed by atoms with van der Waals surface area (Å²) in [6.45, 7) is 3.87. The van der Waals surface area contributed by atoms with Gasteiger partial charge in [-0.1, -0.05) is 6.92 Å². The topological polar surface area (TPSA) is 72.1 Å². The van der Waals surface area contributed by atoms with Gasteiger partial charge in [0.05, 0.1) is 11.9 Å². The number of likely N-dealkylation sites (tertiary alicyclic amines) is 1. The molecule has 0 spiro atoms. The quantitative estimate of drug-likeness (QED) is 0.866. The molecule has 1 saturated heterocycles. The number of hydrogen-bond donors (Lipinski definition) is 1. The van der Waals surface area contributed by atoms with Crippen molar-refractivity contribution in [2.24, 2.45) is 5.92 Å². The van der Waals surface area contributed by atoms with Gasteiger partial charge >= 0.3 is 0 Å². The molecular formula is C13H16N4OS. The second kappa shape index (κ2) is 4.77. The van der Waals surface area contributed by atoms with Crippen molar-refractivity contribution in [1.82, 2.24) is 15.1 Å². The number of thiophene rings is 1. The molecule has 1 fully saturated rings. The largest absolute Gasteiger partial charge is 0.397 e. The number of nitrogens with zero attached hydrogens (tertiary/aromatic N) is 3. The van der Waals surface area contributed by atoms with Gasteiger partial charge in [0, 0.05) is 18.5 Å². The highest BCUT2D eigenvalue weighted by atomic mass is 32.1. The molecule has 3 heterocycles. The van der Waals surface area contributed by atoms with Gasteiger partial charge in [-0.2, -0.15) is 5.10 Å². The lowest BCUT2D eigenvalue weighted by molar-refractivity contribution is 0.0703. The van der Waals surface area contributed by atoms with Gasteiger partial charge in [-0.15, -0.1) is 16.4 Å². The Kier molecular flexibility index (Phi) is 3.10. The minimum atomic E-state index is 0.0346. The van der Waals surface area contributed by atoms with E-state index in [0.29, 0.717) is 16.5 Å². The van der Waals surface area contributed by atoms with Crippen LogP contribution < -0.4 is 5.73 Å². The molecule has 0 unspecified atom stereocenters. The van der Waals surface area contributed by atoms with Crippen LogP contribution in [-0.4, -0.2) is 34.1 Å². The van der Waals surface area contributed by atoms with Crippen LogP contribution in [0.15, 0.2) is 12.3 Å². The summed E-state index contributed by atoms with van der Waals surface area (Å²) in [5.41, 5.74) is 6.61. The molecule has 2 aromatic heterocycles. The van der Waals surface area contributed by atoms with Crippen LogP contribution in [0.4, 0.5) is 5.69 Å². The Balaban J connectivity index is 1.91. The van der Waals surface area contributed by atoms with E-state index in [4.69, 9.17) is 5.73 Å². The Morgan fingerprint density at radius 1 is 1.47 bits per heavy atom. The van der Waals surface area contributed by atoms with Crippen LogP contribution in [0.2, 0.25) is 0 Å². The predicted molar refractivity (Wildman–Crippen MR) is 76.1 cm³/mol. The van der Waals surface area contributed by atoms with E-state index in [2.05, 4.69) is 17.1 Å². The second-order valence-electron chi connectivity index (χ2n) is 5.07. The number of nitrogens with two attached hydrogens (primary N) is 1. The number of fused-ring (bicyclic) bond motifs is 1. The number of carbonyl (C=O) groups is 1. The molecule has 0 saturated carbocycles. The van der Waals surface area contributed by atoms with Crippen LogP contribution in [0.25, 0.3) is 10.2 Å². The van der Waals surface area contributed by atoms with E-state index in [9.17, 15) is 4.79 Å². The van der Waals surface area contributed by atoms with Crippen molar-refractivity contribution < 1.29 is 4.79 Å². The number of piperidine rings is 1. The Hall–Kier alpha value is -1.69. The van der Waals surface area contributed by atoms with Crippen LogP contribution in [0, 0.1) is 5.92 Å². The average Bonchev–Trinajstić information content (AvgIpc) is 2.77. The highest BCUT2D eigenvalue weighted by molar-refractivity contribution is 7.21. The summed E-state index contributed by atoms with van der Waals surface area (Å²) in [6, 6.07) is 1.81. The summed E-state index contributed by atoms with van der Waals surface area (Å²) >= 11 is 1.34. The summed E-state index contributed by atoms with van der Waals surface area (Å²) in [6.07, 6.45) is 3.73. The molecule has 1 amide bonds. The fourth-order valence-corrected chi connectivity index (χ4v) is 3.39. The van der Waals surface area contributed by atoms with Gasteiger partial charge in [0.2, 0.25) is 0 Å². The molecule has 0 atom stereocenters. The molecule has 0 radical (unpaired) electrons. The van der Waals surface area contributed by atoms with Crippen molar-refractivity contribution in [3.63, 3.8) is 0 Å². The van der Waals surface area contributed by atoms with Crippen LogP contribution in [0.3, 0.4) is 0 Å². The number of nitrogen functional groups attached to an aromatic ring is 1. The van der Waals surface area contributed by atoms with E-state index in [0.717, 1.165) is 36.1 Å². The first kappa shape index (κ1) is 12.3. The highest BCUT2D eigenvalue weighted by Crippen LogP contribution is 2.33. The molecule has 1 aliphatic heterocycles. The van der Waals surface area contributed by atoms with Crippen molar-refractivity contribution in [3.05, 3.63) is 17.1 Å². The van der Waals surface area contributed by atoms with E-state index in [1.807, 2.05) is 11.0 Å². The zero-order valence-electron chi connectivity index (χ0n) is 10.8. The third-order valence-electron chi connectivity index (χ3n) is 3.69. The Morgan fingerprint density at radius 3 is 2.89 bits per heavy atom. The van der Waals surface area contributed by atoms with Crippen LogP contribution in [0.1, 0.15) is 29.4 Å². The molecule has 3 rings (SSSR count). The van der Waals surface area contributed by atoms with Gasteiger partial charge in [-0.25, -0.2) is 0 Å². The van der Waals surface area contributed by atoms with E-state index >= 15 is 0 Å². The zero-order chi connectivity index (χ0) is 13.4. The molecule has 2 N–H and O–H groups in total. The van der Waals surface area contributed by atoms with E-state index in [1.165, 1.54) is 11.3 Å². The minimum absolute atomic E-state index is 0.0346. The zero-order valence-corrected chi connectivity index (χ0v) is 11.6. The lowest BCUT2D eigenvalue weighted by Gasteiger charge is -2.30. The summed E-state index contributed by atoms with van der Waals surface area (Å²) in [5, 5.41) is 8.68. The number of aromatic nitrogens is 2. The van der Waals surface area contributed by atoms with Crippen molar-refractivity contribution in [2.75, 3.05) is 18.8 Å². The van der Waals surface area contributed by atoms with Gasteiger partial charge in [-0.3, -0.25) is 4.79 Å². The third-order valence-corrected chi connectivity index (χ3v) is 4.78. The molecule has 6 heteroatoms. The lowest BCUT2D eigenvalue weighted by atomic mass is 9.99. The van der Waals surface area contributed by atoms with Gasteiger partial charge in [0.25, 0.3) is 5.91 Å². The van der Waals surface area contributed by atoms with Gasteiger partial charge in [0.1, 0.15) is 9.71 Å². The van der Waals surface area contributed by atoms with Crippen molar-refractivity contribution >= 4 is 33.1 Å². The second-order valence-corrected chi connectivity index (χ2v) is 6.07. The number of rotatable bonds is 1. The molecule has 19 heavy (non-hydrogen) atoms. The molecule has 0 aliphatic carbocycles. The Morgan fingerprint density at radius 2 is 2.21 bits per heavy atom. The minimum Gasteiger partial charge on any atom is -0.397 e. The van der Waals surface area contributed by atoms with Crippen molar-refractivity contribution in [1.29, 1.82) is 0 Å². The van der Waals surface area contributed by atoms with E-state index < -0.39 is 0 Å². The monoisotopic (exact) mass is 276 g/mol. The van der Waals surface area contributed by atoms with E-state index in [1.54, 1.807) is 6.20 Å². The molecule has 1 aliphatic rings. The normalized spacial score (nSPS) is 17.0. The molecule has 0 aromatic carbocycles. The maximum absolute atomic E-state index is 12.5. The summed E-state index contributed by atoms with van der Waals surface area (Å²) in [5.74, 6) is 0.738. The van der Waals surface area contributed by atoms with Crippen LogP contribution >= 0.6 is 11.3 Å². The third kappa shape index (κ3) is 2.16. The summed E-state index contributed by atoms with van der Waals surface area (Å²) < 4.78 is 0. The van der Waals surface area contributed by atoms with E-state index in [-0.39, 0.29) is 5.91 Å². The van der Waals surface area contributed by atoms with Gasteiger partial charge < -0.3 is 10.6 Å². The fraction of sp³-hybridized carbons (Fsp3) is 0.462. The predicted octanol–water partition coefficient (Wildman–Crippen LogP) is 2.15. The van der Waals surface area contributed by atoms with Crippen molar-refractivity contribution in [2.45, 2.75) is 19.8 Å². The maximum atomic E-state index is 12.5. The molecule has 2 aromatic rings. The molecule has 0 bridgehead atoms. The van der Waals surface area contributed by atoms with Crippen LogP contribution in [0.5, 0.6) is 0 Å². The van der Waals surface area contributed by atoms with Gasteiger partial charge in [0.15, 0.2) is 0 Å². The SMILES string of the molecule is CC1CCN(C(=O)c2sc3nnccc3c2N)CC1. The number of hydrogen-bond acceptors (Lipinski definition) is 5. The summed E-state index contributed by atoms with van der Waals surface area (Å²) in [4.78, 5) is 15.7. The standard InChI is InChI=1S/C13H16N4OS/c1-8-3-6-17(7-4-8)13(18)11-10(14)9-2-5-15-16-12(9)19-11/h2,5,8H,3-4,6-7,14H2,1H3. The molecular weight excluding hydrogens is 260 g/mol. The van der Waals surface area contributed by atoms with Gasteiger partial charge in [-0.05, 0) is 24.8 Å². The first-order chi connectivity index (χ1) is 9.16. The number of anilines is 1. The Labute approximate surface area is 115 Å². The summed E-state index contributed by atoms with van der Waals surface area (Å²) in [7, 11) is 0. The van der Waals surface area contributed by atoms with Crippen LogP contribution in [-0.2, 0) is 0 Å². The fourth-order valence-electron chi connectivity index (χ4n) is 2.39. The first-order valence-electron chi connectivity index (χ1n) is 6.45. The molecule has 5 nitrogen and oxygen atoms in total. The number of carbonyl (C=O) groups excluding carboxylic acids is 1. The maximum Gasteiger partial charge on any atom is 0.266 e. The van der Waals surface area contributed by atoms with Crippen molar-refractivity contribution in [3.8, 4) is 0 Å². The molecule has 100 valence electrons. The smallest absolute Gasteiger partial charge is 0.266 e.